The first-order valence-corrected chi connectivity index (χ1v) is 8.34. The highest BCUT2D eigenvalue weighted by Gasteiger charge is 2.25. The zero-order valence-electron chi connectivity index (χ0n) is 12.0. The Kier molecular flexibility index (Phi) is 3.83. The lowest BCUT2D eigenvalue weighted by atomic mass is 10.2. The maximum Gasteiger partial charge on any atom is 0.267 e. The van der Waals surface area contributed by atoms with Gasteiger partial charge in [0.1, 0.15) is 10.7 Å². The standard InChI is InChI=1S/C11H17N5O2S2/c1-6(2)10-12-11(19-14-10)15-20(17,18)9-7(3)13-16(5)8(9)4/h6H,1-5H3,(H,12,14,15). The number of hydrogen-bond acceptors (Lipinski definition) is 6. The van der Waals surface area contributed by atoms with E-state index >= 15 is 0 Å². The van der Waals surface area contributed by atoms with Crippen LogP contribution in [0.4, 0.5) is 5.13 Å². The van der Waals surface area contributed by atoms with Crippen molar-refractivity contribution in [2.75, 3.05) is 4.72 Å². The molecule has 0 saturated heterocycles. The third kappa shape index (κ3) is 2.68. The first-order valence-electron chi connectivity index (χ1n) is 6.09. The second-order valence-electron chi connectivity index (χ2n) is 4.84. The van der Waals surface area contributed by atoms with Gasteiger partial charge in [0, 0.05) is 24.5 Å². The molecule has 1 N–H and O–H groups in total. The molecule has 2 heterocycles. The van der Waals surface area contributed by atoms with Gasteiger partial charge in [-0.3, -0.25) is 9.40 Å². The fourth-order valence-corrected chi connectivity index (χ4v) is 4.19. The second-order valence-corrected chi connectivity index (χ2v) is 7.21. The Labute approximate surface area is 122 Å². The van der Waals surface area contributed by atoms with Crippen molar-refractivity contribution >= 4 is 26.7 Å². The van der Waals surface area contributed by atoms with Crippen LogP contribution in [-0.2, 0) is 17.1 Å². The van der Waals surface area contributed by atoms with Crippen molar-refractivity contribution in [3.8, 4) is 0 Å². The summed E-state index contributed by atoms with van der Waals surface area (Å²) in [6.07, 6.45) is 0. The van der Waals surface area contributed by atoms with Crippen LogP contribution in [0.25, 0.3) is 0 Å². The van der Waals surface area contributed by atoms with Gasteiger partial charge in [-0.15, -0.1) is 0 Å². The van der Waals surface area contributed by atoms with Gasteiger partial charge < -0.3 is 0 Å². The molecule has 7 nitrogen and oxygen atoms in total. The summed E-state index contributed by atoms with van der Waals surface area (Å²) in [7, 11) is -1.98. The van der Waals surface area contributed by atoms with Crippen molar-refractivity contribution in [2.24, 2.45) is 7.05 Å². The third-order valence-corrected chi connectivity index (χ3v) is 5.26. The summed E-state index contributed by atoms with van der Waals surface area (Å²) in [4.78, 5) is 4.37. The lowest BCUT2D eigenvalue weighted by Gasteiger charge is -2.05. The van der Waals surface area contributed by atoms with Crippen molar-refractivity contribution in [1.29, 1.82) is 0 Å². The topological polar surface area (TPSA) is 89.8 Å². The molecule has 0 aliphatic carbocycles. The van der Waals surface area contributed by atoms with Crippen LogP contribution in [0.1, 0.15) is 37.0 Å². The second kappa shape index (κ2) is 5.13. The quantitative estimate of drug-likeness (QED) is 0.929. The highest BCUT2D eigenvalue weighted by atomic mass is 32.2. The summed E-state index contributed by atoms with van der Waals surface area (Å²) in [6, 6.07) is 0. The fourth-order valence-electron chi connectivity index (χ4n) is 1.82. The van der Waals surface area contributed by atoms with Crippen LogP contribution in [-0.4, -0.2) is 27.6 Å². The number of aromatic nitrogens is 4. The number of anilines is 1. The normalized spacial score (nSPS) is 12.1. The van der Waals surface area contributed by atoms with Gasteiger partial charge in [0.2, 0.25) is 5.13 Å². The molecule has 0 aliphatic heterocycles. The van der Waals surface area contributed by atoms with Crippen molar-refractivity contribution in [3.05, 3.63) is 17.2 Å². The Morgan fingerprint density at radius 1 is 1.30 bits per heavy atom. The van der Waals surface area contributed by atoms with Crippen molar-refractivity contribution in [2.45, 2.75) is 38.5 Å². The van der Waals surface area contributed by atoms with E-state index < -0.39 is 10.0 Å². The summed E-state index contributed by atoms with van der Waals surface area (Å²) in [5.74, 6) is 0.790. The van der Waals surface area contributed by atoms with Gasteiger partial charge >= 0.3 is 0 Å². The Morgan fingerprint density at radius 2 is 1.95 bits per heavy atom. The van der Waals surface area contributed by atoms with E-state index in [1.165, 1.54) is 0 Å². The molecular weight excluding hydrogens is 298 g/mol. The molecule has 20 heavy (non-hydrogen) atoms. The molecule has 0 fully saturated rings. The maximum absolute atomic E-state index is 12.4. The van der Waals surface area contributed by atoms with Gasteiger partial charge in [-0.1, -0.05) is 13.8 Å². The number of aryl methyl sites for hydroxylation is 2. The van der Waals surface area contributed by atoms with E-state index in [1.807, 2.05) is 13.8 Å². The fraction of sp³-hybridized carbons (Fsp3) is 0.545. The van der Waals surface area contributed by atoms with Crippen LogP contribution in [0.3, 0.4) is 0 Å². The van der Waals surface area contributed by atoms with Crippen LogP contribution in [0.15, 0.2) is 4.90 Å². The van der Waals surface area contributed by atoms with E-state index in [0.29, 0.717) is 17.2 Å². The number of nitrogens with zero attached hydrogens (tertiary/aromatic N) is 4. The number of nitrogens with one attached hydrogen (secondary N) is 1. The molecule has 0 spiro atoms. The lowest BCUT2D eigenvalue weighted by Crippen LogP contribution is -2.14. The molecule has 0 aliphatic rings. The molecule has 0 amide bonds. The van der Waals surface area contributed by atoms with E-state index in [0.717, 1.165) is 11.5 Å². The van der Waals surface area contributed by atoms with Gasteiger partial charge in [-0.25, -0.2) is 13.4 Å². The summed E-state index contributed by atoms with van der Waals surface area (Å²) in [5.41, 5.74) is 1.05. The highest BCUT2D eigenvalue weighted by Crippen LogP contribution is 2.24. The molecule has 2 aromatic rings. The van der Waals surface area contributed by atoms with E-state index in [1.54, 1.807) is 25.6 Å². The predicted molar refractivity (Wildman–Crippen MR) is 77.5 cm³/mol. The smallest absolute Gasteiger partial charge is 0.267 e. The molecule has 2 aromatic heterocycles. The monoisotopic (exact) mass is 315 g/mol. The minimum atomic E-state index is -3.69. The van der Waals surface area contributed by atoms with Crippen molar-refractivity contribution in [1.82, 2.24) is 19.1 Å². The van der Waals surface area contributed by atoms with E-state index in [2.05, 4.69) is 19.2 Å². The summed E-state index contributed by atoms with van der Waals surface area (Å²) < 4.78 is 33.0. The molecule has 9 heteroatoms. The number of rotatable bonds is 4. The van der Waals surface area contributed by atoms with Crippen LogP contribution < -0.4 is 4.72 Å². The SMILES string of the molecule is Cc1nn(C)c(C)c1S(=O)(=O)Nc1nc(C(C)C)ns1. The number of sulfonamides is 1. The Balaban J connectivity index is 2.35. The van der Waals surface area contributed by atoms with Crippen LogP contribution >= 0.6 is 11.5 Å². The Morgan fingerprint density at radius 3 is 2.40 bits per heavy atom. The van der Waals surface area contributed by atoms with Gasteiger partial charge in [-0.05, 0) is 13.8 Å². The molecule has 0 radical (unpaired) electrons. The summed E-state index contributed by atoms with van der Waals surface area (Å²) in [6.45, 7) is 7.29. The molecule has 0 aromatic carbocycles. The molecule has 0 bridgehead atoms. The first-order chi connectivity index (χ1) is 9.22. The largest absolute Gasteiger partial charge is 0.271 e. The Hall–Kier alpha value is -1.48. The van der Waals surface area contributed by atoms with Gasteiger partial charge in [0.05, 0.1) is 11.4 Å². The average molecular weight is 315 g/mol. The molecule has 0 saturated carbocycles. The first kappa shape index (κ1) is 14.9. The van der Waals surface area contributed by atoms with E-state index in [9.17, 15) is 8.42 Å². The van der Waals surface area contributed by atoms with Crippen LogP contribution in [0.2, 0.25) is 0 Å². The van der Waals surface area contributed by atoms with Crippen LogP contribution in [0.5, 0.6) is 0 Å². The molecule has 2 rings (SSSR count). The highest BCUT2D eigenvalue weighted by molar-refractivity contribution is 7.93. The Bertz CT molecular complexity index is 730. The lowest BCUT2D eigenvalue weighted by molar-refractivity contribution is 0.599. The van der Waals surface area contributed by atoms with Gasteiger partial charge in [0.15, 0.2) is 0 Å². The van der Waals surface area contributed by atoms with Crippen molar-refractivity contribution < 1.29 is 8.42 Å². The number of hydrogen-bond donors (Lipinski definition) is 1. The van der Waals surface area contributed by atoms with E-state index in [4.69, 9.17) is 0 Å². The average Bonchev–Trinajstić information content (AvgIpc) is 2.84. The summed E-state index contributed by atoms with van der Waals surface area (Å²) in [5, 5.41) is 4.39. The third-order valence-electron chi connectivity index (χ3n) is 2.89. The van der Waals surface area contributed by atoms with Crippen LogP contribution in [0, 0.1) is 13.8 Å². The maximum atomic E-state index is 12.4. The summed E-state index contributed by atoms with van der Waals surface area (Å²) >= 11 is 1.04. The minimum absolute atomic E-state index is 0.159. The van der Waals surface area contributed by atoms with Crippen molar-refractivity contribution in [3.63, 3.8) is 0 Å². The molecule has 0 unspecified atom stereocenters. The van der Waals surface area contributed by atoms with Gasteiger partial charge in [0.25, 0.3) is 10.0 Å². The minimum Gasteiger partial charge on any atom is -0.271 e. The van der Waals surface area contributed by atoms with E-state index in [-0.39, 0.29) is 15.9 Å². The molecule has 110 valence electrons. The molecule has 0 atom stereocenters. The molecular formula is C11H17N5O2S2. The van der Waals surface area contributed by atoms with Gasteiger partial charge in [-0.2, -0.15) is 9.47 Å². The zero-order chi connectivity index (χ0) is 15.1. The predicted octanol–water partition coefficient (Wildman–Crippen LogP) is 1.81. The zero-order valence-corrected chi connectivity index (χ0v) is 13.6.